The molecule has 2 aromatic heterocycles. The van der Waals surface area contributed by atoms with E-state index in [4.69, 9.17) is 19.1 Å². The van der Waals surface area contributed by atoms with Crippen LogP contribution in [0.3, 0.4) is 0 Å². The van der Waals surface area contributed by atoms with E-state index in [1.54, 1.807) is 0 Å². The van der Waals surface area contributed by atoms with Crippen LogP contribution in [0, 0.1) is 0 Å². The fourth-order valence-electron chi connectivity index (χ4n) is 5.36. The molecular formula is C38H38N8O10S2. The number of aromatic nitrogens is 6. The lowest BCUT2D eigenvalue weighted by atomic mass is 10.2. The van der Waals surface area contributed by atoms with Crippen LogP contribution in [0.15, 0.2) is 129 Å². The first-order chi connectivity index (χ1) is 28.0. The summed E-state index contributed by atoms with van der Waals surface area (Å²) in [6.07, 6.45) is 5.28. The van der Waals surface area contributed by atoms with E-state index in [0.29, 0.717) is 37.4 Å². The van der Waals surface area contributed by atoms with Crippen molar-refractivity contribution >= 4 is 31.6 Å². The molecule has 0 aliphatic carbocycles. The highest BCUT2D eigenvalue weighted by molar-refractivity contribution is 7.91. The molecule has 0 spiro atoms. The molecule has 18 nitrogen and oxygen atoms in total. The summed E-state index contributed by atoms with van der Waals surface area (Å²) in [5, 5.41) is 22.0. The van der Waals surface area contributed by atoms with E-state index in [0.717, 1.165) is 12.8 Å². The van der Waals surface area contributed by atoms with Crippen LogP contribution >= 0.6 is 0 Å². The van der Waals surface area contributed by atoms with Gasteiger partial charge < -0.3 is 29.4 Å². The number of rotatable bonds is 19. The lowest BCUT2D eigenvalue weighted by Gasteiger charge is -2.23. The topological polar surface area (TPSA) is 229 Å². The molecular weight excluding hydrogens is 793 g/mol. The van der Waals surface area contributed by atoms with Gasteiger partial charge in [-0.3, -0.25) is 0 Å². The maximum absolute atomic E-state index is 13.1. The van der Waals surface area contributed by atoms with Crippen molar-refractivity contribution in [1.29, 1.82) is 0 Å². The monoisotopic (exact) mass is 830 g/mol. The first kappa shape index (κ1) is 40.9. The second-order valence-electron chi connectivity index (χ2n) is 12.3. The van der Waals surface area contributed by atoms with Crippen molar-refractivity contribution < 1.29 is 46.2 Å². The van der Waals surface area contributed by atoms with Crippen LogP contribution in [-0.4, -0.2) is 84.3 Å². The third-order valence-electron chi connectivity index (χ3n) is 8.35. The fraction of sp³-hybridized carbons (Fsp3) is 0.211. The molecule has 0 amide bonds. The summed E-state index contributed by atoms with van der Waals surface area (Å²) in [6.45, 7) is 0.677. The Labute approximate surface area is 334 Å². The maximum atomic E-state index is 13.1. The number of hydrogen-bond acceptors (Lipinski definition) is 18. The zero-order valence-electron chi connectivity index (χ0n) is 31.2. The molecule has 0 radical (unpaired) electrons. The molecule has 4 aromatic carbocycles. The number of unbranched alkanes of at least 4 members (excludes halogenated alkanes) is 3. The minimum atomic E-state index is -3.84. The van der Waals surface area contributed by atoms with Crippen LogP contribution in [0.4, 0.5) is 11.9 Å². The Kier molecular flexibility index (Phi) is 13.0. The minimum absolute atomic E-state index is 0.0371. The standard InChI is InChI=1S/C38H38N8O10S2/c1-53-37-41-25-39-35(43-37)45(55-29-11-19-33(20-12-29)57(49,50)31-15-7-27(47)8-16-31)23-5-3-4-6-24-46(36-40-26-42-38(44-36)54-2)56-30-13-21-34(22-14-30)58(51,52)32-17-9-28(48)10-18-32/h7-22,25-26,47-48H,3-6,23-24H2,1-2H3. The highest BCUT2D eigenvalue weighted by Crippen LogP contribution is 2.28. The summed E-state index contributed by atoms with van der Waals surface area (Å²) in [6, 6.07) is 22.5. The van der Waals surface area contributed by atoms with E-state index >= 15 is 0 Å². The van der Waals surface area contributed by atoms with Crippen LogP contribution in [0.2, 0.25) is 0 Å². The minimum Gasteiger partial charge on any atom is -0.508 e. The number of hydrogen-bond donors (Lipinski definition) is 2. The number of nitrogens with zero attached hydrogens (tertiary/aromatic N) is 8. The van der Waals surface area contributed by atoms with Crippen molar-refractivity contribution in [3.63, 3.8) is 0 Å². The largest absolute Gasteiger partial charge is 0.508 e. The molecule has 0 bridgehead atoms. The average molecular weight is 831 g/mol. The molecule has 20 heteroatoms. The van der Waals surface area contributed by atoms with E-state index in [1.807, 2.05) is 0 Å². The summed E-state index contributed by atoms with van der Waals surface area (Å²) in [7, 11) is -4.82. The fourth-order valence-corrected chi connectivity index (χ4v) is 7.88. The Hall–Kier alpha value is -6.80. The van der Waals surface area contributed by atoms with Crippen molar-refractivity contribution in [3.8, 4) is 35.0 Å². The van der Waals surface area contributed by atoms with E-state index < -0.39 is 19.7 Å². The molecule has 0 saturated carbocycles. The molecule has 6 rings (SSSR count). The maximum Gasteiger partial charge on any atom is 0.321 e. The van der Waals surface area contributed by atoms with E-state index in [2.05, 4.69) is 29.9 Å². The highest BCUT2D eigenvalue weighted by Gasteiger charge is 2.21. The predicted octanol–water partition coefficient (Wildman–Crippen LogP) is 5.01. The summed E-state index contributed by atoms with van der Waals surface area (Å²) in [5.41, 5.74) is 0. The first-order valence-corrected chi connectivity index (χ1v) is 20.6. The van der Waals surface area contributed by atoms with Crippen molar-refractivity contribution in [2.45, 2.75) is 45.3 Å². The normalized spacial score (nSPS) is 11.4. The Morgan fingerprint density at radius 2 is 0.810 bits per heavy atom. The zero-order valence-corrected chi connectivity index (χ0v) is 32.8. The second-order valence-corrected chi connectivity index (χ2v) is 16.2. The number of methoxy groups -OCH3 is 2. The predicted molar refractivity (Wildman–Crippen MR) is 207 cm³/mol. The third-order valence-corrected chi connectivity index (χ3v) is 11.9. The molecule has 0 aliphatic rings. The lowest BCUT2D eigenvalue weighted by Crippen LogP contribution is -2.31. The Bertz CT molecular complexity index is 2320. The van der Waals surface area contributed by atoms with Crippen molar-refractivity contribution in [2.75, 3.05) is 37.4 Å². The van der Waals surface area contributed by atoms with Gasteiger partial charge >= 0.3 is 12.0 Å². The molecule has 0 atom stereocenters. The lowest BCUT2D eigenvalue weighted by molar-refractivity contribution is 0.260. The Morgan fingerprint density at radius 1 is 0.483 bits per heavy atom. The number of anilines is 2. The number of ether oxygens (including phenoxy) is 2. The summed E-state index contributed by atoms with van der Waals surface area (Å²) in [5.74, 6) is 0.929. The van der Waals surface area contributed by atoms with Gasteiger partial charge in [0.25, 0.3) is 11.9 Å². The SMILES string of the molecule is COc1ncnc(N(CCCCCCN(Oc2ccc(S(=O)(=O)c3ccc(O)cc3)cc2)c2ncnc(OC)n2)Oc2ccc(S(=O)(=O)c3ccc(O)cc3)cc2)n1. The Morgan fingerprint density at radius 3 is 1.14 bits per heavy atom. The number of hydroxylamine groups is 2. The molecule has 0 saturated heterocycles. The number of sulfone groups is 2. The van der Waals surface area contributed by atoms with Gasteiger partial charge in [0.1, 0.15) is 24.2 Å². The van der Waals surface area contributed by atoms with Gasteiger partial charge in [-0.15, -0.1) is 0 Å². The van der Waals surface area contributed by atoms with Gasteiger partial charge in [-0.05, 0) is 110 Å². The molecule has 6 aromatic rings. The van der Waals surface area contributed by atoms with Crippen LogP contribution in [-0.2, 0) is 19.7 Å². The highest BCUT2D eigenvalue weighted by atomic mass is 32.2. The molecule has 2 N–H and O–H groups in total. The van der Waals surface area contributed by atoms with Crippen molar-refractivity contribution in [2.24, 2.45) is 0 Å². The van der Waals surface area contributed by atoms with Gasteiger partial charge in [0.15, 0.2) is 11.5 Å². The van der Waals surface area contributed by atoms with Gasteiger partial charge in [-0.1, -0.05) is 12.8 Å². The number of phenols is 2. The second kappa shape index (κ2) is 18.4. The van der Waals surface area contributed by atoms with Gasteiger partial charge in [-0.25, -0.2) is 16.8 Å². The quantitative estimate of drug-likeness (QED) is 0.0807. The van der Waals surface area contributed by atoms with Crippen LogP contribution < -0.4 is 29.3 Å². The van der Waals surface area contributed by atoms with Crippen LogP contribution in [0.25, 0.3) is 0 Å². The summed E-state index contributed by atoms with van der Waals surface area (Å²) >= 11 is 0. The van der Waals surface area contributed by atoms with E-state index in [1.165, 1.54) is 134 Å². The van der Waals surface area contributed by atoms with Gasteiger partial charge in [0, 0.05) is 0 Å². The smallest absolute Gasteiger partial charge is 0.321 e. The van der Waals surface area contributed by atoms with E-state index in [9.17, 15) is 27.0 Å². The molecule has 0 fully saturated rings. The molecule has 0 unspecified atom stereocenters. The van der Waals surface area contributed by atoms with Crippen molar-refractivity contribution in [1.82, 2.24) is 29.9 Å². The van der Waals surface area contributed by atoms with Crippen LogP contribution in [0.1, 0.15) is 25.7 Å². The number of aromatic hydroxyl groups is 2. The molecule has 2 heterocycles. The van der Waals surface area contributed by atoms with Gasteiger partial charge in [-0.2, -0.15) is 40.0 Å². The number of benzene rings is 4. The van der Waals surface area contributed by atoms with Gasteiger partial charge in [0.2, 0.25) is 19.7 Å². The van der Waals surface area contributed by atoms with Crippen molar-refractivity contribution in [3.05, 3.63) is 110 Å². The van der Waals surface area contributed by atoms with Crippen LogP contribution in [0.5, 0.6) is 35.0 Å². The molecule has 58 heavy (non-hydrogen) atoms. The molecule has 0 aliphatic heterocycles. The molecule has 302 valence electrons. The van der Waals surface area contributed by atoms with Gasteiger partial charge in [0.05, 0.1) is 46.9 Å². The van der Waals surface area contributed by atoms with E-state index in [-0.39, 0.29) is 55.0 Å². The average Bonchev–Trinajstić information content (AvgIpc) is 3.24. The zero-order chi connectivity index (χ0) is 41.1. The summed E-state index contributed by atoms with van der Waals surface area (Å²) < 4.78 is 62.8. The number of phenolic OH excluding ortho intramolecular Hbond substituents is 2. The Balaban J connectivity index is 1.09. The summed E-state index contributed by atoms with van der Waals surface area (Å²) in [4.78, 5) is 37.4. The first-order valence-electron chi connectivity index (χ1n) is 17.6. The third kappa shape index (κ3) is 10.1.